The highest BCUT2D eigenvalue weighted by Gasteiger charge is 2.15. The number of alkyl halides is 1. The SMILES string of the molecule is Cc1cnc(Nc2ncccc2OC(C)c2cccc(C(=O)NCc3ccc(CF)c(Cl)c3)c2)s1. The number of anilines is 2. The van der Waals surface area contributed by atoms with Crippen LogP contribution in [0.25, 0.3) is 0 Å². The number of aromatic nitrogens is 2. The smallest absolute Gasteiger partial charge is 0.251 e. The first-order valence-corrected chi connectivity index (χ1v) is 12.1. The van der Waals surface area contributed by atoms with E-state index in [0.717, 1.165) is 21.1 Å². The zero-order valence-electron chi connectivity index (χ0n) is 19.2. The van der Waals surface area contributed by atoms with Crippen molar-refractivity contribution in [3.63, 3.8) is 0 Å². The second-order valence-electron chi connectivity index (χ2n) is 7.88. The fraction of sp³-hybridized carbons (Fsp3) is 0.192. The molecule has 1 atom stereocenters. The molecular formula is C26H24ClFN4O2S. The van der Waals surface area contributed by atoms with Crippen molar-refractivity contribution in [3.05, 3.63) is 99.1 Å². The minimum atomic E-state index is -0.625. The summed E-state index contributed by atoms with van der Waals surface area (Å²) < 4.78 is 19.0. The van der Waals surface area contributed by atoms with Crippen LogP contribution in [-0.4, -0.2) is 15.9 Å². The fourth-order valence-electron chi connectivity index (χ4n) is 3.38. The van der Waals surface area contributed by atoms with Crippen LogP contribution in [0.1, 0.15) is 45.0 Å². The molecule has 0 bridgehead atoms. The van der Waals surface area contributed by atoms with Crippen LogP contribution >= 0.6 is 22.9 Å². The number of aryl methyl sites for hydroxylation is 1. The number of nitrogens with one attached hydrogen (secondary N) is 2. The predicted octanol–water partition coefficient (Wildman–Crippen LogP) is 6.78. The molecular weight excluding hydrogens is 487 g/mol. The average Bonchev–Trinajstić information content (AvgIpc) is 3.28. The Hall–Kier alpha value is -3.49. The molecule has 2 aromatic heterocycles. The number of carbonyl (C=O) groups is 1. The molecule has 0 radical (unpaired) electrons. The van der Waals surface area contributed by atoms with Gasteiger partial charge in [0.2, 0.25) is 0 Å². The van der Waals surface area contributed by atoms with Gasteiger partial charge >= 0.3 is 0 Å². The Morgan fingerprint density at radius 1 is 1.17 bits per heavy atom. The summed E-state index contributed by atoms with van der Waals surface area (Å²) in [7, 11) is 0. The van der Waals surface area contributed by atoms with E-state index < -0.39 is 6.67 Å². The summed E-state index contributed by atoms with van der Waals surface area (Å²) in [5.41, 5.74) is 2.57. The van der Waals surface area contributed by atoms with Gasteiger partial charge in [-0.25, -0.2) is 14.4 Å². The first-order chi connectivity index (χ1) is 16.9. The van der Waals surface area contributed by atoms with Crippen LogP contribution in [0.3, 0.4) is 0 Å². The lowest BCUT2D eigenvalue weighted by Gasteiger charge is -2.18. The minimum absolute atomic E-state index is 0.229. The van der Waals surface area contributed by atoms with Crippen LogP contribution < -0.4 is 15.4 Å². The molecule has 180 valence electrons. The van der Waals surface area contributed by atoms with E-state index >= 15 is 0 Å². The monoisotopic (exact) mass is 510 g/mol. The van der Waals surface area contributed by atoms with Gasteiger partial charge in [0.25, 0.3) is 5.91 Å². The van der Waals surface area contributed by atoms with E-state index in [1.807, 2.05) is 32.0 Å². The summed E-state index contributed by atoms with van der Waals surface area (Å²) in [4.78, 5) is 22.5. The maximum atomic E-state index is 12.8. The normalized spacial score (nSPS) is 11.7. The van der Waals surface area contributed by atoms with E-state index in [9.17, 15) is 9.18 Å². The van der Waals surface area contributed by atoms with Crippen molar-refractivity contribution < 1.29 is 13.9 Å². The fourth-order valence-corrected chi connectivity index (χ4v) is 4.30. The molecule has 0 saturated carbocycles. The molecule has 0 saturated heterocycles. The average molecular weight is 511 g/mol. The molecule has 0 aliphatic rings. The van der Waals surface area contributed by atoms with Crippen molar-refractivity contribution in [2.24, 2.45) is 0 Å². The van der Waals surface area contributed by atoms with Crippen LogP contribution in [0.4, 0.5) is 15.3 Å². The van der Waals surface area contributed by atoms with Gasteiger partial charge in [-0.3, -0.25) is 4.79 Å². The molecule has 2 N–H and O–H groups in total. The second kappa shape index (κ2) is 11.3. The zero-order valence-corrected chi connectivity index (χ0v) is 20.8. The third-order valence-electron chi connectivity index (χ3n) is 5.25. The molecule has 1 amide bonds. The van der Waals surface area contributed by atoms with Crippen molar-refractivity contribution in [2.45, 2.75) is 33.2 Å². The largest absolute Gasteiger partial charge is 0.482 e. The first kappa shape index (κ1) is 24.6. The second-order valence-corrected chi connectivity index (χ2v) is 9.52. The predicted molar refractivity (Wildman–Crippen MR) is 137 cm³/mol. The van der Waals surface area contributed by atoms with Crippen molar-refractivity contribution in [3.8, 4) is 5.75 Å². The molecule has 4 aromatic rings. The van der Waals surface area contributed by atoms with Gasteiger partial charge in [-0.2, -0.15) is 0 Å². The number of ether oxygens (including phenoxy) is 1. The summed E-state index contributed by atoms with van der Waals surface area (Å²) >= 11 is 7.59. The maximum absolute atomic E-state index is 12.8. The Balaban J connectivity index is 1.42. The Labute approximate surface area is 212 Å². The Morgan fingerprint density at radius 3 is 2.77 bits per heavy atom. The van der Waals surface area contributed by atoms with E-state index in [0.29, 0.717) is 27.7 Å². The molecule has 4 rings (SSSR count). The van der Waals surface area contributed by atoms with Gasteiger partial charge in [-0.1, -0.05) is 35.9 Å². The summed E-state index contributed by atoms with van der Waals surface area (Å²) in [5, 5.41) is 7.16. The summed E-state index contributed by atoms with van der Waals surface area (Å²) in [6.45, 7) is 3.55. The lowest BCUT2D eigenvalue weighted by molar-refractivity contribution is 0.0950. The first-order valence-electron chi connectivity index (χ1n) is 11.0. The Kier molecular flexibility index (Phi) is 7.94. The molecule has 9 heteroatoms. The van der Waals surface area contributed by atoms with Crippen molar-refractivity contribution in [1.29, 1.82) is 0 Å². The number of pyridine rings is 1. The van der Waals surface area contributed by atoms with Gasteiger partial charge in [0, 0.05) is 40.0 Å². The molecule has 1 unspecified atom stereocenters. The van der Waals surface area contributed by atoms with Gasteiger partial charge < -0.3 is 15.4 Å². The molecule has 0 aliphatic heterocycles. The molecule has 0 spiro atoms. The number of thiazole rings is 1. The number of benzene rings is 2. The molecule has 2 aromatic carbocycles. The van der Waals surface area contributed by atoms with Crippen molar-refractivity contribution in [2.75, 3.05) is 5.32 Å². The number of amides is 1. The number of hydrogen-bond donors (Lipinski definition) is 2. The molecule has 0 fully saturated rings. The third kappa shape index (κ3) is 6.35. The molecule has 2 heterocycles. The van der Waals surface area contributed by atoms with E-state index in [1.54, 1.807) is 48.8 Å². The van der Waals surface area contributed by atoms with Gasteiger partial charge in [0.1, 0.15) is 12.8 Å². The van der Waals surface area contributed by atoms with Gasteiger partial charge in [-0.15, -0.1) is 11.3 Å². The van der Waals surface area contributed by atoms with Gasteiger partial charge in [0.05, 0.1) is 0 Å². The minimum Gasteiger partial charge on any atom is -0.482 e. The highest BCUT2D eigenvalue weighted by molar-refractivity contribution is 7.15. The standard InChI is InChI=1S/C26H24ClFN4O2S/c1-16-14-31-26(35-16)32-24-23(7-4-10-29-24)34-17(2)19-5-3-6-20(12-19)25(33)30-15-18-8-9-21(13-28)22(27)11-18/h3-12,14,17H,13,15H2,1-2H3,(H,30,33)(H,29,31,32). The van der Waals surface area contributed by atoms with Crippen molar-refractivity contribution >= 4 is 39.8 Å². The van der Waals surface area contributed by atoms with E-state index in [2.05, 4.69) is 20.6 Å². The van der Waals surface area contributed by atoms with Gasteiger partial charge in [0.15, 0.2) is 16.7 Å². The molecule has 35 heavy (non-hydrogen) atoms. The number of carbonyl (C=O) groups excluding carboxylic acids is 1. The quantitative estimate of drug-likeness (QED) is 0.259. The topological polar surface area (TPSA) is 76.1 Å². The zero-order chi connectivity index (χ0) is 24.8. The number of halogens is 2. The summed E-state index contributed by atoms with van der Waals surface area (Å²) in [6, 6.07) is 15.9. The van der Waals surface area contributed by atoms with E-state index in [-0.39, 0.29) is 18.6 Å². The Bertz CT molecular complexity index is 1330. The van der Waals surface area contributed by atoms with E-state index in [4.69, 9.17) is 16.3 Å². The van der Waals surface area contributed by atoms with Crippen LogP contribution in [0.15, 0.2) is 67.0 Å². The molecule has 0 aliphatic carbocycles. The van der Waals surface area contributed by atoms with E-state index in [1.165, 1.54) is 11.3 Å². The molecule has 6 nitrogen and oxygen atoms in total. The summed E-state index contributed by atoms with van der Waals surface area (Å²) in [5.74, 6) is 0.920. The summed E-state index contributed by atoms with van der Waals surface area (Å²) in [6.07, 6.45) is 3.14. The number of rotatable bonds is 9. The Morgan fingerprint density at radius 2 is 2.03 bits per heavy atom. The number of hydrogen-bond acceptors (Lipinski definition) is 6. The van der Waals surface area contributed by atoms with Crippen molar-refractivity contribution in [1.82, 2.24) is 15.3 Å². The van der Waals surface area contributed by atoms with Crippen LogP contribution in [0.2, 0.25) is 5.02 Å². The lowest BCUT2D eigenvalue weighted by Crippen LogP contribution is -2.23. The van der Waals surface area contributed by atoms with Gasteiger partial charge in [-0.05, 0) is 55.3 Å². The van der Waals surface area contributed by atoms with Crippen LogP contribution in [-0.2, 0) is 13.2 Å². The third-order valence-corrected chi connectivity index (χ3v) is 6.43. The highest BCUT2D eigenvalue weighted by atomic mass is 35.5. The maximum Gasteiger partial charge on any atom is 0.251 e. The lowest BCUT2D eigenvalue weighted by atomic mass is 10.1. The van der Waals surface area contributed by atoms with Crippen LogP contribution in [0.5, 0.6) is 5.75 Å². The highest BCUT2D eigenvalue weighted by Crippen LogP contribution is 2.31. The number of nitrogens with zero attached hydrogens (tertiary/aromatic N) is 2. The van der Waals surface area contributed by atoms with Crippen LogP contribution in [0, 0.1) is 6.92 Å².